The molecule has 2 aliphatic rings. The van der Waals surface area contributed by atoms with E-state index in [1.165, 1.54) is 19.3 Å². The predicted octanol–water partition coefficient (Wildman–Crippen LogP) is 0.994. The van der Waals surface area contributed by atoms with Gasteiger partial charge in [0, 0.05) is 12.1 Å². The fraction of sp³-hybridized carbons (Fsp3) is 0.909. The maximum Gasteiger partial charge on any atom is 0.237 e. The second-order valence-corrected chi connectivity index (χ2v) is 5.00. The van der Waals surface area contributed by atoms with Crippen LogP contribution in [0.15, 0.2) is 0 Å². The highest BCUT2D eigenvalue weighted by Crippen LogP contribution is 2.41. The minimum absolute atomic E-state index is 0.149. The number of likely N-dealkylation sites (N-methyl/N-ethyl adjacent to an activating group) is 1. The van der Waals surface area contributed by atoms with Crippen molar-refractivity contribution >= 4 is 5.91 Å². The van der Waals surface area contributed by atoms with Crippen molar-refractivity contribution in [1.29, 1.82) is 0 Å². The van der Waals surface area contributed by atoms with Gasteiger partial charge in [-0.25, -0.2) is 0 Å². The second-order valence-electron chi connectivity index (χ2n) is 5.00. The van der Waals surface area contributed by atoms with E-state index in [0.717, 1.165) is 0 Å². The third kappa shape index (κ3) is 1.54. The summed E-state index contributed by atoms with van der Waals surface area (Å²) in [6.45, 7) is 4.04. The first-order valence-corrected chi connectivity index (χ1v) is 5.62. The molecule has 2 fully saturated rings. The van der Waals surface area contributed by atoms with Crippen LogP contribution in [0.3, 0.4) is 0 Å². The lowest BCUT2D eigenvalue weighted by atomic mass is 9.98. The Morgan fingerprint density at radius 2 is 2.14 bits per heavy atom. The Balaban J connectivity index is 2.01. The Hall–Kier alpha value is -0.570. The van der Waals surface area contributed by atoms with Gasteiger partial charge in [-0.1, -0.05) is 0 Å². The lowest BCUT2D eigenvalue weighted by Gasteiger charge is -2.31. The molecule has 0 spiro atoms. The molecule has 1 saturated carbocycles. The summed E-state index contributed by atoms with van der Waals surface area (Å²) in [5.41, 5.74) is 0. The molecule has 0 aromatic rings. The van der Waals surface area contributed by atoms with Crippen molar-refractivity contribution in [3.63, 3.8) is 0 Å². The first kappa shape index (κ1) is 9.97. The fourth-order valence-corrected chi connectivity index (χ4v) is 2.98. The summed E-state index contributed by atoms with van der Waals surface area (Å²) in [5, 5.41) is 3.02. The van der Waals surface area contributed by atoms with Gasteiger partial charge in [0.25, 0.3) is 0 Å². The van der Waals surface area contributed by atoms with E-state index in [-0.39, 0.29) is 18.0 Å². The normalized spacial score (nSPS) is 36.7. The number of nitrogens with one attached hydrogen (secondary N) is 1. The third-order valence-electron chi connectivity index (χ3n) is 3.61. The van der Waals surface area contributed by atoms with Crippen molar-refractivity contribution in [2.75, 3.05) is 7.05 Å². The van der Waals surface area contributed by atoms with Gasteiger partial charge in [0.1, 0.15) is 0 Å². The number of carbonyl (C=O) groups excluding carboxylic acids is 1. The summed E-state index contributed by atoms with van der Waals surface area (Å²) in [4.78, 5) is 14.2. The van der Waals surface area contributed by atoms with E-state index in [1.807, 2.05) is 13.8 Å². The maximum absolute atomic E-state index is 11.9. The number of piperidine rings is 1. The van der Waals surface area contributed by atoms with Crippen LogP contribution in [0.5, 0.6) is 0 Å². The molecule has 1 N–H and O–H groups in total. The van der Waals surface area contributed by atoms with E-state index in [1.54, 1.807) is 0 Å². The Labute approximate surface area is 85.8 Å². The van der Waals surface area contributed by atoms with Crippen LogP contribution >= 0.6 is 0 Å². The van der Waals surface area contributed by atoms with Crippen LogP contribution in [-0.4, -0.2) is 36.0 Å². The smallest absolute Gasteiger partial charge is 0.237 e. The van der Waals surface area contributed by atoms with E-state index >= 15 is 0 Å². The molecule has 2 rings (SSSR count). The van der Waals surface area contributed by atoms with Crippen LogP contribution in [0, 0.1) is 5.92 Å². The van der Waals surface area contributed by atoms with Crippen LogP contribution in [0.2, 0.25) is 0 Å². The summed E-state index contributed by atoms with van der Waals surface area (Å²) in [6.07, 6.45) is 3.75. The molecule has 1 heterocycles. The van der Waals surface area contributed by atoms with Crippen LogP contribution in [0.25, 0.3) is 0 Å². The molecule has 80 valence electrons. The zero-order chi connectivity index (χ0) is 10.3. The summed E-state index contributed by atoms with van der Waals surface area (Å²) < 4.78 is 0. The van der Waals surface area contributed by atoms with Gasteiger partial charge < -0.3 is 5.32 Å². The van der Waals surface area contributed by atoms with Gasteiger partial charge in [-0.3, -0.25) is 9.69 Å². The monoisotopic (exact) mass is 196 g/mol. The molecule has 14 heavy (non-hydrogen) atoms. The largest absolute Gasteiger partial charge is 0.353 e. The average molecular weight is 196 g/mol. The van der Waals surface area contributed by atoms with Crippen LogP contribution in [0.4, 0.5) is 0 Å². The van der Waals surface area contributed by atoms with E-state index in [9.17, 15) is 4.79 Å². The highest BCUT2D eigenvalue weighted by molar-refractivity contribution is 5.82. The number of nitrogens with zero attached hydrogens (tertiary/aromatic N) is 1. The molecule has 1 aliphatic carbocycles. The van der Waals surface area contributed by atoms with E-state index in [0.29, 0.717) is 12.0 Å². The highest BCUT2D eigenvalue weighted by Gasteiger charge is 2.47. The lowest BCUT2D eigenvalue weighted by molar-refractivity contribution is -0.127. The van der Waals surface area contributed by atoms with Gasteiger partial charge in [0.15, 0.2) is 0 Å². The van der Waals surface area contributed by atoms with Gasteiger partial charge in [-0.05, 0) is 46.1 Å². The van der Waals surface area contributed by atoms with Crippen molar-refractivity contribution in [3.05, 3.63) is 0 Å². The molecule has 1 amide bonds. The standard InChI is InChI=1S/C11H20N2O/c1-7(2)12-11(14)10-8-4-5-9(6-8)13(10)3/h7-10H,4-6H2,1-3H3,(H,12,14). The lowest BCUT2D eigenvalue weighted by Crippen LogP contribution is -2.50. The van der Waals surface area contributed by atoms with Crippen LogP contribution in [0.1, 0.15) is 33.1 Å². The average Bonchev–Trinajstić information content (AvgIpc) is 2.61. The van der Waals surface area contributed by atoms with Crippen molar-refractivity contribution in [2.24, 2.45) is 5.92 Å². The molecule has 0 aromatic heterocycles. The summed E-state index contributed by atoms with van der Waals surface area (Å²) in [5.74, 6) is 0.846. The number of hydrogen-bond acceptors (Lipinski definition) is 2. The number of amides is 1. The van der Waals surface area contributed by atoms with Gasteiger partial charge in [0.05, 0.1) is 6.04 Å². The Morgan fingerprint density at radius 1 is 1.43 bits per heavy atom. The number of fused-ring (bicyclic) bond motifs is 2. The van der Waals surface area contributed by atoms with Crippen LogP contribution < -0.4 is 5.32 Å². The Kier molecular flexibility index (Phi) is 2.52. The SMILES string of the molecule is CC(C)NC(=O)C1C2CCC(C2)N1C. The molecule has 0 aromatic carbocycles. The van der Waals surface area contributed by atoms with Gasteiger partial charge >= 0.3 is 0 Å². The highest BCUT2D eigenvalue weighted by atomic mass is 16.2. The quantitative estimate of drug-likeness (QED) is 0.714. The number of likely N-dealkylation sites (tertiary alicyclic amines) is 1. The molecule has 3 heteroatoms. The zero-order valence-corrected chi connectivity index (χ0v) is 9.29. The maximum atomic E-state index is 11.9. The molecular formula is C11H20N2O. The molecular weight excluding hydrogens is 176 g/mol. The molecule has 1 saturated heterocycles. The van der Waals surface area contributed by atoms with Crippen molar-refractivity contribution in [1.82, 2.24) is 10.2 Å². The number of carbonyl (C=O) groups is 1. The Morgan fingerprint density at radius 3 is 2.64 bits per heavy atom. The molecule has 1 aliphatic heterocycles. The summed E-state index contributed by atoms with van der Waals surface area (Å²) in [6, 6.07) is 1.08. The Bertz CT molecular complexity index is 237. The first-order valence-electron chi connectivity index (χ1n) is 5.62. The predicted molar refractivity (Wildman–Crippen MR) is 56.0 cm³/mol. The zero-order valence-electron chi connectivity index (χ0n) is 9.29. The van der Waals surface area contributed by atoms with E-state index < -0.39 is 0 Å². The summed E-state index contributed by atoms with van der Waals surface area (Å²) >= 11 is 0. The minimum atomic E-state index is 0.149. The number of rotatable bonds is 2. The van der Waals surface area contributed by atoms with Gasteiger partial charge in [-0.2, -0.15) is 0 Å². The van der Waals surface area contributed by atoms with Crippen molar-refractivity contribution in [3.8, 4) is 0 Å². The van der Waals surface area contributed by atoms with Gasteiger partial charge in [-0.15, -0.1) is 0 Å². The molecule has 3 atom stereocenters. The first-order chi connectivity index (χ1) is 6.59. The summed E-state index contributed by atoms with van der Waals surface area (Å²) in [7, 11) is 2.09. The second kappa shape index (κ2) is 3.54. The molecule has 3 unspecified atom stereocenters. The van der Waals surface area contributed by atoms with Gasteiger partial charge in [0.2, 0.25) is 5.91 Å². The topological polar surface area (TPSA) is 32.3 Å². The molecule has 3 nitrogen and oxygen atoms in total. The van der Waals surface area contributed by atoms with E-state index in [2.05, 4.69) is 17.3 Å². The minimum Gasteiger partial charge on any atom is -0.353 e. The number of hydrogen-bond donors (Lipinski definition) is 1. The fourth-order valence-electron chi connectivity index (χ4n) is 2.98. The molecule has 0 radical (unpaired) electrons. The van der Waals surface area contributed by atoms with E-state index in [4.69, 9.17) is 0 Å². The third-order valence-corrected chi connectivity index (χ3v) is 3.61. The molecule has 2 bridgehead atoms. The van der Waals surface area contributed by atoms with Crippen LogP contribution in [-0.2, 0) is 4.79 Å². The van der Waals surface area contributed by atoms with Crippen molar-refractivity contribution in [2.45, 2.75) is 51.2 Å². The van der Waals surface area contributed by atoms with Crippen molar-refractivity contribution < 1.29 is 4.79 Å².